The predicted octanol–water partition coefficient (Wildman–Crippen LogP) is -0.253. The highest BCUT2D eigenvalue weighted by Crippen LogP contribution is 2.21. The molecule has 2 rings (SSSR count). The van der Waals surface area contributed by atoms with Crippen LogP contribution in [0.5, 0.6) is 5.75 Å². The van der Waals surface area contributed by atoms with Gasteiger partial charge in [0.1, 0.15) is 5.75 Å². The van der Waals surface area contributed by atoms with Gasteiger partial charge in [-0.05, 0) is 37.8 Å². The zero-order chi connectivity index (χ0) is 13.0. The maximum absolute atomic E-state index is 9.65. The van der Waals surface area contributed by atoms with Gasteiger partial charge >= 0.3 is 0 Å². The Labute approximate surface area is 133 Å². The van der Waals surface area contributed by atoms with Crippen molar-refractivity contribution in [2.75, 3.05) is 38.5 Å². The van der Waals surface area contributed by atoms with Gasteiger partial charge in [0, 0.05) is 11.8 Å². The van der Waals surface area contributed by atoms with Crippen LogP contribution in [0.2, 0.25) is 0 Å². The number of benzene rings is 1. The van der Waals surface area contributed by atoms with Gasteiger partial charge in [-0.15, -0.1) is 0 Å². The lowest BCUT2D eigenvalue weighted by atomic mass is 10.1. The molecule has 0 atom stereocenters. The van der Waals surface area contributed by atoms with Gasteiger partial charge in [-0.1, -0.05) is 6.07 Å². The summed E-state index contributed by atoms with van der Waals surface area (Å²) in [5.74, 6) is 0.373. The number of nitrogens with zero attached hydrogens (tertiary/aromatic N) is 1. The Kier molecular flexibility index (Phi) is 6.39. The highest BCUT2D eigenvalue weighted by atomic mass is 127. The Morgan fingerprint density at radius 1 is 1.21 bits per heavy atom. The lowest BCUT2D eigenvalue weighted by Crippen LogP contribution is -3.00. The molecule has 0 aliphatic carbocycles. The van der Waals surface area contributed by atoms with E-state index in [1.807, 2.05) is 25.1 Å². The first kappa shape index (κ1) is 16.6. The summed E-state index contributed by atoms with van der Waals surface area (Å²) < 4.78 is 1.19. The molecule has 1 aliphatic rings. The minimum atomic E-state index is 0. The van der Waals surface area contributed by atoms with Crippen LogP contribution < -0.4 is 29.3 Å². The molecule has 1 aromatic rings. The maximum Gasteiger partial charge on any atom is 0.120 e. The number of rotatable bonds is 4. The number of phenols is 1. The molecule has 108 valence electrons. The number of halogens is 1. The molecular weight excluding hydrogens is 351 g/mol. The Balaban J connectivity index is 0.00000180. The summed E-state index contributed by atoms with van der Waals surface area (Å²) in [7, 11) is 2.35. The van der Waals surface area contributed by atoms with E-state index >= 15 is 0 Å². The van der Waals surface area contributed by atoms with Crippen molar-refractivity contribution in [2.45, 2.75) is 26.2 Å². The summed E-state index contributed by atoms with van der Waals surface area (Å²) in [5.41, 5.74) is 1.94. The van der Waals surface area contributed by atoms with E-state index in [1.165, 1.54) is 36.8 Å². The van der Waals surface area contributed by atoms with E-state index in [-0.39, 0.29) is 24.0 Å². The van der Waals surface area contributed by atoms with E-state index in [1.54, 1.807) is 0 Å². The summed E-state index contributed by atoms with van der Waals surface area (Å²) in [5, 5.41) is 13.1. The number of hydrogen-bond acceptors (Lipinski definition) is 2. The summed E-state index contributed by atoms with van der Waals surface area (Å²) in [6.07, 6.45) is 4.12. The van der Waals surface area contributed by atoms with Gasteiger partial charge in [0.05, 0.1) is 33.2 Å². The van der Waals surface area contributed by atoms with Crippen LogP contribution in [0.25, 0.3) is 0 Å². The van der Waals surface area contributed by atoms with Gasteiger partial charge in [0.25, 0.3) is 0 Å². The molecule has 2 N–H and O–H groups in total. The third kappa shape index (κ3) is 4.84. The van der Waals surface area contributed by atoms with Crippen LogP contribution in [0.4, 0.5) is 5.69 Å². The fourth-order valence-electron chi connectivity index (χ4n) is 2.69. The zero-order valence-corrected chi connectivity index (χ0v) is 14.1. The van der Waals surface area contributed by atoms with Crippen LogP contribution in [0.3, 0.4) is 0 Å². The van der Waals surface area contributed by atoms with Crippen LogP contribution in [-0.2, 0) is 0 Å². The molecule has 4 heteroatoms. The van der Waals surface area contributed by atoms with Crippen molar-refractivity contribution in [3.8, 4) is 5.75 Å². The first-order valence-corrected chi connectivity index (χ1v) is 6.96. The van der Waals surface area contributed by atoms with Crippen LogP contribution in [-0.4, -0.2) is 42.8 Å². The van der Waals surface area contributed by atoms with Gasteiger partial charge < -0.3 is 38.9 Å². The Morgan fingerprint density at radius 2 is 1.89 bits per heavy atom. The standard InChI is InChI=1S/C15H24N2O.HI/c1-13-6-7-14(12-15(13)18)16-8-11-17(2)9-4-3-5-10-17;/h6-7,12,16H,3-5,8-11H2,1-2H3;1H. The molecule has 1 saturated heterocycles. The largest absolute Gasteiger partial charge is 1.00 e. The number of piperidine rings is 1. The summed E-state index contributed by atoms with van der Waals surface area (Å²) in [6, 6.07) is 5.80. The third-order valence-corrected chi connectivity index (χ3v) is 4.09. The quantitative estimate of drug-likeness (QED) is 0.561. The molecular formula is C15H25IN2O. The van der Waals surface area contributed by atoms with Crippen molar-refractivity contribution < 1.29 is 33.6 Å². The first-order chi connectivity index (χ1) is 8.59. The minimum absolute atomic E-state index is 0. The highest BCUT2D eigenvalue weighted by molar-refractivity contribution is 5.50. The number of aryl methyl sites for hydroxylation is 1. The number of anilines is 1. The number of likely N-dealkylation sites (N-methyl/N-ethyl adjacent to an activating group) is 1. The van der Waals surface area contributed by atoms with E-state index in [2.05, 4.69) is 12.4 Å². The number of quaternary nitrogens is 1. The van der Waals surface area contributed by atoms with Gasteiger partial charge in [0.15, 0.2) is 0 Å². The van der Waals surface area contributed by atoms with E-state index in [0.29, 0.717) is 5.75 Å². The fourth-order valence-corrected chi connectivity index (χ4v) is 2.69. The van der Waals surface area contributed by atoms with Crippen molar-refractivity contribution in [1.29, 1.82) is 0 Å². The average molecular weight is 376 g/mol. The van der Waals surface area contributed by atoms with Gasteiger partial charge in [-0.25, -0.2) is 0 Å². The zero-order valence-electron chi connectivity index (χ0n) is 12.0. The number of phenolic OH excluding ortho intramolecular Hbond substituents is 1. The molecule has 0 bridgehead atoms. The molecule has 1 aromatic carbocycles. The lowest BCUT2D eigenvalue weighted by molar-refractivity contribution is -0.912. The van der Waals surface area contributed by atoms with Crippen LogP contribution in [0, 0.1) is 6.92 Å². The number of aromatic hydroxyl groups is 1. The number of nitrogens with one attached hydrogen (secondary N) is 1. The molecule has 0 saturated carbocycles. The average Bonchev–Trinajstić information content (AvgIpc) is 2.34. The minimum Gasteiger partial charge on any atom is -1.00 e. The Bertz CT molecular complexity index is 403. The molecule has 1 fully saturated rings. The molecule has 0 amide bonds. The van der Waals surface area contributed by atoms with Crippen molar-refractivity contribution in [2.24, 2.45) is 0 Å². The molecule has 1 aliphatic heterocycles. The number of hydrogen-bond donors (Lipinski definition) is 2. The van der Waals surface area contributed by atoms with Crippen molar-refractivity contribution in [3.05, 3.63) is 23.8 Å². The second kappa shape index (κ2) is 7.33. The van der Waals surface area contributed by atoms with Gasteiger partial charge in [-0.3, -0.25) is 0 Å². The Hall–Kier alpha value is -0.490. The maximum atomic E-state index is 9.65. The fraction of sp³-hybridized carbons (Fsp3) is 0.600. The van der Waals surface area contributed by atoms with Crippen molar-refractivity contribution in [1.82, 2.24) is 0 Å². The smallest absolute Gasteiger partial charge is 0.120 e. The molecule has 0 unspecified atom stereocenters. The summed E-state index contributed by atoms with van der Waals surface area (Å²) in [6.45, 7) is 6.66. The Morgan fingerprint density at radius 3 is 2.53 bits per heavy atom. The monoisotopic (exact) mass is 376 g/mol. The van der Waals surface area contributed by atoms with Crippen molar-refractivity contribution in [3.63, 3.8) is 0 Å². The molecule has 19 heavy (non-hydrogen) atoms. The van der Waals surface area contributed by atoms with E-state index < -0.39 is 0 Å². The highest BCUT2D eigenvalue weighted by Gasteiger charge is 2.23. The first-order valence-electron chi connectivity index (χ1n) is 6.96. The van der Waals surface area contributed by atoms with Gasteiger partial charge in [-0.2, -0.15) is 0 Å². The molecule has 1 heterocycles. The second-order valence-electron chi connectivity index (χ2n) is 5.78. The molecule has 0 radical (unpaired) electrons. The van der Waals surface area contributed by atoms with Crippen LogP contribution >= 0.6 is 0 Å². The number of likely N-dealkylation sites (tertiary alicyclic amines) is 1. The third-order valence-electron chi connectivity index (χ3n) is 4.09. The van der Waals surface area contributed by atoms with Crippen LogP contribution in [0.15, 0.2) is 18.2 Å². The van der Waals surface area contributed by atoms with Crippen LogP contribution in [0.1, 0.15) is 24.8 Å². The van der Waals surface area contributed by atoms with E-state index in [0.717, 1.165) is 24.3 Å². The van der Waals surface area contributed by atoms with Crippen molar-refractivity contribution >= 4 is 5.69 Å². The SMILES string of the molecule is Cc1ccc(NCC[N+]2(C)CCCCC2)cc1O.[I-]. The normalized spacial score (nSPS) is 17.6. The van der Waals surface area contributed by atoms with Gasteiger partial charge in [0.2, 0.25) is 0 Å². The topological polar surface area (TPSA) is 32.3 Å². The van der Waals surface area contributed by atoms with E-state index in [4.69, 9.17) is 0 Å². The van der Waals surface area contributed by atoms with E-state index in [9.17, 15) is 5.11 Å². The lowest BCUT2D eigenvalue weighted by Gasteiger charge is -2.37. The second-order valence-corrected chi connectivity index (χ2v) is 5.78. The molecule has 3 nitrogen and oxygen atoms in total. The molecule has 0 aromatic heterocycles. The predicted molar refractivity (Wildman–Crippen MR) is 76.0 cm³/mol. The summed E-state index contributed by atoms with van der Waals surface area (Å²) in [4.78, 5) is 0. The summed E-state index contributed by atoms with van der Waals surface area (Å²) >= 11 is 0. The molecule has 0 spiro atoms.